The van der Waals surface area contributed by atoms with Gasteiger partial charge in [0.2, 0.25) is 0 Å². The van der Waals surface area contributed by atoms with Gasteiger partial charge in [0.1, 0.15) is 0 Å². The van der Waals surface area contributed by atoms with Crippen molar-refractivity contribution in [3.05, 3.63) is 84.4 Å². The van der Waals surface area contributed by atoms with Crippen LogP contribution >= 0.6 is 0 Å². The number of para-hydroxylation sites is 4. The molecule has 0 amide bonds. The molecule has 0 fully saturated rings. The van der Waals surface area contributed by atoms with Gasteiger partial charge >= 0.3 is 0 Å². The maximum atomic E-state index is 5.45. The van der Waals surface area contributed by atoms with E-state index in [9.17, 15) is 0 Å². The average Bonchev–Trinajstić information content (AvgIpc) is 2.69. The van der Waals surface area contributed by atoms with E-state index in [1.54, 1.807) is 14.2 Å². The molecule has 0 radical (unpaired) electrons. The first-order valence-corrected chi connectivity index (χ1v) is 8.04. The summed E-state index contributed by atoms with van der Waals surface area (Å²) in [6.07, 6.45) is 0. The van der Waals surface area contributed by atoms with Crippen LogP contribution in [0.2, 0.25) is 0 Å². The van der Waals surface area contributed by atoms with E-state index < -0.39 is 0 Å². The average molecular weight is 369 g/mol. The highest BCUT2D eigenvalue weighted by molar-refractivity contribution is 6.05. The third kappa shape index (κ3) is 4.55. The van der Waals surface area contributed by atoms with Crippen LogP contribution in [0.3, 0.4) is 0 Å². The number of hydrogen-bond acceptors (Lipinski definition) is 2. The zero-order valence-corrected chi connectivity index (χ0v) is 15.5. The van der Waals surface area contributed by atoms with Gasteiger partial charge in [-0.3, -0.25) is 0 Å². The Labute approximate surface area is 159 Å². The number of ether oxygens (including phenoxy) is 2. The van der Waals surface area contributed by atoms with Gasteiger partial charge < -0.3 is 21.9 Å². The fraction of sp³-hybridized carbons (Fsp3) is 0.0952. The first-order valence-electron chi connectivity index (χ1n) is 8.04. The van der Waals surface area contributed by atoms with Crippen molar-refractivity contribution in [3.8, 4) is 11.5 Å². The SMILES string of the molecule is COc1ccccc1NC(=[NH+]c1ccccc1OC)c1ccccc1.[Cl-]. The molecule has 0 unspecified atom stereocenters. The third-order valence-electron chi connectivity index (χ3n) is 3.80. The summed E-state index contributed by atoms with van der Waals surface area (Å²) < 4.78 is 10.9. The van der Waals surface area contributed by atoms with Crippen LogP contribution in [0.15, 0.2) is 78.9 Å². The molecule has 3 aromatic carbocycles. The normalized spacial score (nSPS) is 10.6. The van der Waals surface area contributed by atoms with Crippen LogP contribution < -0.4 is 32.2 Å². The summed E-state index contributed by atoms with van der Waals surface area (Å²) >= 11 is 0. The molecule has 0 aromatic heterocycles. The maximum Gasteiger partial charge on any atom is 0.285 e. The van der Waals surface area contributed by atoms with Crippen molar-refractivity contribution in [2.24, 2.45) is 0 Å². The maximum absolute atomic E-state index is 5.45. The number of methoxy groups -OCH3 is 2. The molecule has 134 valence electrons. The molecule has 3 rings (SSSR count). The Balaban J connectivity index is 0.00000243. The molecule has 0 heterocycles. The number of benzene rings is 3. The zero-order valence-electron chi connectivity index (χ0n) is 14.7. The molecule has 0 aliphatic rings. The molecule has 0 aliphatic heterocycles. The van der Waals surface area contributed by atoms with Crippen LogP contribution in [-0.2, 0) is 0 Å². The smallest absolute Gasteiger partial charge is 0.285 e. The van der Waals surface area contributed by atoms with Crippen LogP contribution in [0.25, 0.3) is 0 Å². The van der Waals surface area contributed by atoms with Gasteiger partial charge in [0.25, 0.3) is 5.84 Å². The van der Waals surface area contributed by atoms with Gasteiger partial charge in [0.05, 0.1) is 19.8 Å². The summed E-state index contributed by atoms with van der Waals surface area (Å²) in [5.41, 5.74) is 2.79. The predicted molar refractivity (Wildman–Crippen MR) is 101 cm³/mol. The molecule has 2 N–H and O–H groups in total. The first-order chi connectivity index (χ1) is 12.3. The van der Waals surface area contributed by atoms with Gasteiger partial charge in [0, 0.05) is 0 Å². The number of rotatable bonds is 5. The van der Waals surface area contributed by atoms with Gasteiger partial charge in [-0.15, -0.1) is 0 Å². The van der Waals surface area contributed by atoms with E-state index in [4.69, 9.17) is 9.47 Å². The number of nitrogens with one attached hydrogen (secondary N) is 2. The predicted octanol–water partition coefficient (Wildman–Crippen LogP) is -0.0212. The standard InChI is InChI=1S/C21H20N2O2.ClH/c1-24-19-14-8-6-12-17(19)22-21(16-10-4-3-5-11-16)23-18-13-7-9-15-20(18)25-2;/h3-15H,1-2H3,(H,22,23);1H. The Morgan fingerprint density at radius 2 is 1.31 bits per heavy atom. The second-order valence-electron chi connectivity index (χ2n) is 5.39. The Hall–Kier alpha value is -2.98. The molecule has 26 heavy (non-hydrogen) atoms. The van der Waals surface area contributed by atoms with Crippen molar-refractivity contribution in [2.45, 2.75) is 0 Å². The van der Waals surface area contributed by atoms with Crippen LogP contribution in [0.4, 0.5) is 11.4 Å². The van der Waals surface area contributed by atoms with Gasteiger partial charge in [0.15, 0.2) is 22.9 Å². The second-order valence-corrected chi connectivity index (χ2v) is 5.39. The van der Waals surface area contributed by atoms with E-state index in [0.29, 0.717) is 0 Å². The van der Waals surface area contributed by atoms with E-state index >= 15 is 0 Å². The lowest BCUT2D eigenvalue weighted by atomic mass is 10.2. The van der Waals surface area contributed by atoms with E-state index in [1.165, 1.54) is 0 Å². The highest BCUT2D eigenvalue weighted by Crippen LogP contribution is 2.23. The summed E-state index contributed by atoms with van der Waals surface area (Å²) in [5, 5.41) is 3.44. The zero-order chi connectivity index (χ0) is 17.5. The molecule has 0 atom stereocenters. The molecule has 0 bridgehead atoms. The number of hydrogen-bond donors (Lipinski definition) is 2. The Kier molecular flexibility index (Phi) is 7.06. The fourth-order valence-electron chi connectivity index (χ4n) is 2.55. The first kappa shape index (κ1) is 19.3. The summed E-state index contributed by atoms with van der Waals surface area (Å²) in [4.78, 5) is 3.44. The molecule has 0 saturated carbocycles. The second kappa shape index (κ2) is 9.49. The van der Waals surface area contributed by atoms with Crippen molar-refractivity contribution in [2.75, 3.05) is 19.5 Å². The van der Waals surface area contributed by atoms with E-state index in [-0.39, 0.29) is 12.4 Å². The molecule has 0 spiro atoms. The molecule has 0 saturated heterocycles. The monoisotopic (exact) mass is 368 g/mol. The summed E-state index contributed by atoms with van der Waals surface area (Å²) in [6, 6.07) is 25.7. The van der Waals surface area contributed by atoms with Crippen molar-refractivity contribution in [1.29, 1.82) is 0 Å². The quantitative estimate of drug-likeness (QED) is 0.491. The third-order valence-corrected chi connectivity index (χ3v) is 3.80. The van der Waals surface area contributed by atoms with Crippen LogP contribution in [0.5, 0.6) is 11.5 Å². The minimum absolute atomic E-state index is 0. The lowest BCUT2D eigenvalue weighted by Crippen LogP contribution is -3.00. The molecule has 5 heteroatoms. The van der Waals surface area contributed by atoms with Gasteiger partial charge in [-0.1, -0.05) is 42.5 Å². The van der Waals surface area contributed by atoms with E-state index in [1.807, 2.05) is 78.9 Å². The van der Waals surface area contributed by atoms with Crippen molar-refractivity contribution in [3.63, 3.8) is 0 Å². The van der Waals surface area contributed by atoms with Crippen LogP contribution in [0.1, 0.15) is 5.56 Å². The number of halogens is 1. The van der Waals surface area contributed by atoms with Gasteiger partial charge in [-0.25, -0.2) is 10.3 Å². The van der Waals surface area contributed by atoms with E-state index in [0.717, 1.165) is 34.3 Å². The molecular formula is C21H21ClN2O2. The Morgan fingerprint density at radius 3 is 2.00 bits per heavy atom. The van der Waals surface area contributed by atoms with Gasteiger partial charge in [-0.2, -0.15) is 0 Å². The minimum atomic E-state index is 0. The largest absolute Gasteiger partial charge is 1.00 e. The highest BCUT2D eigenvalue weighted by atomic mass is 35.5. The number of anilines is 1. The van der Waals surface area contributed by atoms with Crippen LogP contribution in [0, 0.1) is 0 Å². The molecular weight excluding hydrogens is 348 g/mol. The van der Waals surface area contributed by atoms with Gasteiger partial charge in [-0.05, 0) is 36.4 Å². The van der Waals surface area contributed by atoms with Crippen molar-refractivity contribution < 1.29 is 26.9 Å². The highest BCUT2D eigenvalue weighted by Gasteiger charge is 2.16. The molecule has 0 aliphatic carbocycles. The minimum Gasteiger partial charge on any atom is -1.00 e. The topological polar surface area (TPSA) is 44.5 Å². The van der Waals surface area contributed by atoms with Crippen LogP contribution in [-0.4, -0.2) is 20.1 Å². The fourth-order valence-corrected chi connectivity index (χ4v) is 2.55. The van der Waals surface area contributed by atoms with Crippen molar-refractivity contribution >= 4 is 17.2 Å². The summed E-state index contributed by atoms with van der Waals surface area (Å²) in [6.45, 7) is 0. The number of amidine groups is 1. The van der Waals surface area contributed by atoms with Crippen molar-refractivity contribution in [1.82, 2.24) is 0 Å². The Morgan fingerprint density at radius 1 is 0.731 bits per heavy atom. The molecule has 4 nitrogen and oxygen atoms in total. The summed E-state index contributed by atoms with van der Waals surface area (Å²) in [7, 11) is 3.33. The van der Waals surface area contributed by atoms with E-state index in [2.05, 4.69) is 10.3 Å². The molecule has 3 aromatic rings. The summed E-state index contributed by atoms with van der Waals surface area (Å²) in [5.74, 6) is 2.39. The lowest BCUT2D eigenvalue weighted by Gasteiger charge is -2.09. The Bertz CT molecular complexity index is 867. The lowest BCUT2D eigenvalue weighted by molar-refractivity contribution is -0.354.